The van der Waals surface area contributed by atoms with Crippen molar-refractivity contribution >= 4 is 5.82 Å². The van der Waals surface area contributed by atoms with Gasteiger partial charge in [0.25, 0.3) is 0 Å². The van der Waals surface area contributed by atoms with E-state index in [-0.39, 0.29) is 0 Å². The van der Waals surface area contributed by atoms with E-state index in [1.807, 2.05) is 0 Å². The molecular formula is C20H28N4. The molecule has 0 radical (unpaired) electrons. The van der Waals surface area contributed by atoms with E-state index in [1.54, 1.807) is 0 Å². The molecule has 0 aliphatic carbocycles. The zero-order valence-corrected chi connectivity index (χ0v) is 14.9. The van der Waals surface area contributed by atoms with Crippen LogP contribution in [0.2, 0.25) is 0 Å². The Balaban J connectivity index is 1.61. The Kier molecular flexibility index (Phi) is 4.31. The third kappa shape index (κ3) is 2.84. The van der Waals surface area contributed by atoms with E-state index in [0.717, 1.165) is 25.9 Å². The maximum absolute atomic E-state index is 5.02. The number of anilines is 1. The summed E-state index contributed by atoms with van der Waals surface area (Å²) in [6.45, 7) is 9.08. The van der Waals surface area contributed by atoms with Crippen LogP contribution in [-0.2, 0) is 12.8 Å². The predicted molar refractivity (Wildman–Crippen MR) is 99.2 cm³/mol. The molecule has 4 nitrogen and oxygen atoms in total. The number of fused-ring (bicyclic) bond motifs is 1. The molecule has 4 rings (SSSR count). The predicted octanol–water partition coefficient (Wildman–Crippen LogP) is 3.49. The average molecular weight is 324 g/mol. The molecule has 2 aliphatic rings. The molecule has 1 fully saturated rings. The third-order valence-corrected chi connectivity index (χ3v) is 5.65. The second-order valence-electron chi connectivity index (χ2n) is 7.23. The smallest absolute Gasteiger partial charge is 0.133 e. The van der Waals surface area contributed by atoms with Crippen molar-refractivity contribution in [2.75, 3.05) is 31.5 Å². The molecule has 1 N–H and O–H groups in total. The van der Waals surface area contributed by atoms with Crippen LogP contribution in [-0.4, -0.2) is 40.9 Å². The van der Waals surface area contributed by atoms with E-state index >= 15 is 0 Å². The van der Waals surface area contributed by atoms with E-state index in [2.05, 4.69) is 46.9 Å². The summed E-state index contributed by atoms with van der Waals surface area (Å²) < 4.78 is 2.15. The van der Waals surface area contributed by atoms with Crippen LogP contribution in [0.4, 0.5) is 5.82 Å². The van der Waals surface area contributed by atoms with Crippen molar-refractivity contribution < 1.29 is 0 Å². The highest BCUT2D eigenvalue weighted by atomic mass is 15.3. The molecule has 1 aromatic carbocycles. The minimum Gasteiger partial charge on any atom is -0.369 e. The first-order chi connectivity index (χ1) is 11.7. The number of benzene rings is 1. The lowest BCUT2D eigenvalue weighted by molar-refractivity contribution is 0.230. The van der Waals surface area contributed by atoms with Crippen LogP contribution in [0.1, 0.15) is 41.6 Å². The van der Waals surface area contributed by atoms with Crippen molar-refractivity contribution in [1.29, 1.82) is 0 Å². The Bertz CT molecular complexity index is 725. The van der Waals surface area contributed by atoms with Gasteiger partial charge >= 0.3 is 0 Å². The molecule has 24 heavy (non-hydrogen) atoms. The molecule has 0 bridgehead atoms. The van der Waals surface area contributed by atoms with Crippen molar-refractivity contribution in [3.63, 3.8) is 0 Å². The number of hydrogen-bond donors (Lipinski definition) is 1. The molecule has 0 saturated carbocycles. The van der Waals surface area contributed by atoms with E-state index in [1.165, 1.54) is 66.2 Å². The number of piperidine rings is 1. The van der Waals surface area contributed by atoms with E-state index in [0.29, 0.717) is 0 Å². The van der Waals surface area contributed by atoms with Crippen LogP contribution in [0.25, 0.3) is 5.69 Å². The molecule has 2 aliphatic heterocycles. The van der Waals surface area contributed by atoms with Crippen molar-refractivity contribution in [2.24, 2.45) is 0 Å². The van der Waals surface area contributed by atoms with Crippen molar-refractivity contribution in [1.82, 2.24) is 14.7 Å². The van der Waals surface area contributed by atoms with Crippen molar-refractivity contribution in [3.8, 4) is 5.69 Å². The summed E-state index contributed by atoms with van der Waals surface area (Å²) in [6.07, 6.45) is 6.29. The zero-order chi connectivity index (χ0) is 16.5. The van der Waals surface area contributed by atoms with Gasteiger partial charge < -0.3 is 10.2 Å². The van der Waals surface area contributed by atoms with Crippen molar-refractivity contribution in [2.45, 2.75) is 46.0 Å². The topological polar surface area (TPSA) is 33.1 Å². The standard InChI is InChI=1S/C20H28N4/c1-15-7-6-8-19(16(15)2)24-20-17(9-11-21-20)18(22-24)10-14-23-12-4-3-5-13-23/h6-8,21H,3-5,9-14H2,1-2H3. The highest BCUT2D eigenvalue weighted by molar-refractivity contribution is 5.59. The summed E-state index contributed by atoms with van der Waals surface area (Å²) in [5, 5.41) is 8.58. The lowest BCUT2D eigenvalue weighted by atomic mass is 10.1. The Hall–Kier alpha value is -1.81. The summed E-state index contributed by atoms with van der Waals surface area (Å²) in [4.78, 5) is 2.61. The molecule has 0 unspecified atom stereocenters. The normalized spacial score (nSPS) is 17.8. The second kappa shape index (κ2) is 6.60. The Morgan fingerprint density at radius 1 is 1.12 bits per heavy atom. The zero-order valence-electron chi connectivity index (χ0n) is 14.9. The molecule has 0 atom stereocenters. The summed E-state index contributed by atoms with van der Waals surface area (Å²) >= 11 is 0. The minimum absolute atomic E-state index is 1.04. The summed E-state index contributed by atoms with van der Waals surface area (Å²) in [5.41, 5.74) is 6.59. The van der Waals surface area contributed by atoms with Crippen LogP contribution >= 0.6 is 0 Å². The van der Waals surface area contributed by atoms with Gasteiger partial charge in [0.1, 0.15) is 5.82 Å². The molecule has 3 heterocycles. The molecular weight excluding hydrogens is 296 g/mol. The fourth-order valence-corrected chi connectivity index (χ4v) is 4.03. The maximum Gasteiger partial charge on any atom is 0.133 e. The van der Waals surface area contributed by atoms with Gasteiger partial charge in [-0.25, -0.2) is 4.68 Å². The van der Waals surface area contributed by atoms with Gasteiger partial charge in [-0.1, -0.05) is 18.6 Å². The number of nitrogens with zero attached hydrogens (tertiary/aromatic N) is 3. The van der Waals surface area contributed by atoms with Gasteiger partial charge in [0, 0.05) is 25.1 Å². The number of aryl methyl sites for hydroxylation is 1. The van der Waals surface area contributed by atoms with Gasteiger partial charge in [-0.05, 0) is 63.4 Å². The van der Waals surface area contributed by atoms with Gasteiger partial charge in [0.15, 0.2) is 0 Å². The van der Waals surface area contributed by atoms with Gasteiger partial charge in [0.2, 0.25) is 0 Å². The van der Waals surface area contributed by atoms with E-state index in [9.17, 15) is 0 Å². The van der Waals surface area contributed by atoms with Gasteiger partial charge in [0.05, 0.1) is 11.4 Å². The van der Waals surface area contributed by atoms with Gasteiger partial charge in [-0.2, -0.15) is 5.10 Å². The van der Waals surface area contributed by atoms with Crippen LogP contribution in [0.3, 0.4) is 0 Å². The van der Waals surface area contributed by atoms with Gasteiger partial charge in [-0.15, -0.1) is 0 Å². The number of nitrogens with one attached hydrogen (secondary N) is 1. The van der Waals surface area contributed by atoms with Gasteiger partial charge in [-0.3, -0.25) is 0 Å². The van der Waals surface area contributed by atoms with Crippen LogP contribution in [0.5, 0.6) is 0 Å². The first-order valence-corrected chi connectivity index (χ1v) is 9.37. The minimum atomic E-state index is 1.04. The lowest BCUT2D eigenvalue weighted by Crippen LogP contribution is -2.31. The van der Waals surface area contributed by atoms with E-state index in [4.69, 9.17) is 5.10 Å². The number of aromatic nitrogens is 2. The Labute approximate surface area is 144 Å². The number of hydrogen-bond acceptors (Lipinski definition) is 3. The Morgan fingerprint density at radius 2 is 1.96 bits per heavy atom. The molecule has 0 amide bonds. The first kappa shape index (κ1) is 15.7. The Morgan fingerprint density at radius 3 is 2.79 bits per heavy atom. The third-order valence-electron chi connectivity index (χ3n) is 5.65. The molecule has 0 spiro atoms. The summed E-state index contributed by atoms with van der Waals surface area (Å²) in [7, 11) is 0. The highest BCUT2D eigenvalue weighted by Gasteiger charge is 2.24. The molecule has 1 aromatic heterocycles. The monoisotopic (exact) mass is 324 g/mol. The first-order valence-electron chi connectivity index (χ1n) is 9.37. The lowest BCUT2D eigenvalue weighted by Gasteiger charge is -2.26. The largest absolute Gasteiger partial charge is 0.369 e. The molecule has 4 heteroatoms. The summed E-state index contributed by atoms with van der Waals surface area (Å²) in [5.74, 6) is 1.22. The van der Waals surface area contributed by atoms with Crippen LogP contribution < -0.4 is 5.32 Å². The fourth-order valence-electron chi connectivity index (χ4n) is 4.03. The highest BCUT2D eigenvalue weighted by Crippen LogP contribution is 2.30. The fraction of sp³-hybridized carbons (Fsp3) is 0.550. The summed E-state index contributed by atoms with van der Waals surface area (Å²) in [6, 6.07) is 6.49. The second-order valence-corrected chi connectivity index (χ2v) is 7.23. The molecule has 2 aromatic rings. The maximum atomic E-state index is 5.02. The SMILES string of the molecule is Cc1cccc(-n2nc(CCN3CCCCC3)c3c2NCC3)c1C. The molecule has 1 saturated heterocycles. The van der Waals surface area contributed by atoms with Crippen LogP contribution in [0.15, 0.2) is 18.2 Å². The average Bonchev–Trinajstić information content (AvgIpc) is 3.20. The van der Waals surface area contributed by atoms with Crippen LogP contribution in [0, 0.1) is 13.8 Å². The molecule has 128 valence electrons. The number of likely N-dealkylation sites (tertiary alicyclic amines) is 1. The number of rotatable bonds is 4. The van der Waals surface area contributed by atoms with E-state index < -0.39 is 0 Å². The quantitative estimate of drug-likeness (QED) is 0.934. The van der Waals surface area contributed by atoms with Crippen molar-refractivity contribution in [3.05, 3.63) is 40.6 Å².